The minimum atomic E-state index is -0.374. The molecule has 2 aliphatic rings. The van der Waals surface area contributed by atoms with E-state index < -0.39 is 0 Å². The second kappa shape index (κ2) is 5.80. The topological polar surface area (TPSA) is 63.4 Å². The van der Waals surface area contributed by atoms with Gasteiger partial charge in [0.2, 0.25) is 11.8 Å². The average Bonchev–Trinajstić information content (AvgIpc) is 2.33. The van der Waals surface area contributed by atoms with E-state index in [2.05, 4.69) is 0 Å². The predicted molar refractivity (Wildman–Crippen MR) is 82.0 cm³/mol. The summed E-state index contributed by atoms with van der Waals surface area (Å²) in [6, 6.07) is -0.374. The van der Waals surface area contributed by atoms with Crippen LogP contribution in [-0.4, -0.2) is 27.7 Å². The zero-order valence-corrected chi connectivity index (χ0v) is 13.2. The van der Waals surface area contributed by atoms with Gasteiger partial charge in [0, 0.05) is 12.8 Å². The summed E-state index contributed by atoms with van der Waals surface area (Å²) >= 11 is 5.17. The molecule has 0 radical (unpaired) electrons. The standard InChI is InChI=1S/C15H24N2O2S/c1-15(2)8-11(18)17(12(19)9-15)13(14(16)20)10-6-4-3-5-7-10/h10,13H,3-9H2,1-2H3,(H2,16,20). The van der Waals surface area contributed by atoms with E-state index in [0.29, 0.717) is 17.8 Å². The Balaban J connectivity index is 2.22. The lowest BCUT2D eigenvalue weighted by Gasteiger charge is -2.42. The van der Waals surface area contributed by atoms with Crippen molar-refractivity contribution in [3.8, 4) is 0 Å². The molecule has 1 unspecified atom stereocenters. The van der Waals surface area contributed by atoms with Gasteiger partial charge in [-0.05, 0) is 24.2 Å². The normalized spacial score (nSPS) is 25.6. The molecular formula is C15H24N2O2S. The number of thiocarbonyl (C=S) groups is 1. The monoisotopic (exact) mass is 296 g/mol. The Labute approximate surface area is 126 Å². The summed E-state index contributed by atoms with van der Waals surface area (Å²) in [6.07, 6.45) is 6.27. The molecule has 2 N–H and O–H groups in total. The summed E-state index contributed by atoms with van der Waals surface area (Å²) < 4.78 is 0. The summed E-state index contributed by atoms with van der Waals surface area (Å²) in [7, 11) is 0. The second-order valence-corrected chi connectivity index (χ2v) is 7.39. The van der Waals surface area contributed by atoms with Gasteiger partial charge in [0.25, 0.3) is 0 Å². The first kappa shape index (κ1) is 15.4. The van der Waals surface area contributed by atoms with E-state index in [1.165, 1.54) is 11.3 Å². The minimum Gasteiger partial charge on any atom is -0.392 e. The number of imide groups is 1. The highest BCUT2D eigenvalue weighted by Gasteiger charge is 2.44. The lowest BCUT2D eigenvalue weighted by Crippen LogP contribution is -2.57. The van der Waals surface area contributed by atoms with Crippen LogP contribution in [0.15, 0.2) is 0 Å². The third-order valence-electron chi connectivity index (χ3n) is 4.46. The number of rotatable bonds is 3. The fourth-order valence-corrected chi connectivity index (χ4v) is 3.82. The molecule has 1 heterocycles. The molecule has 2 rings (SSSR count). The van der Waals surface area contributed by atoms with Crippen LogP contribution in [0.5, 0.6) is 0 Å². The summed E-state index contributed by atoms with van der Waals surface area (Å²) in [5.74, 6) is 0.0135. The third kappa shape index (κ3) is 3.19. The molecule has 2 amide bonds. The van der Waals surface area contributed by atoms with Crippen LogP contribution in [-0.2, 0) is 9.59 Å². The van der Waals surface area contributed by atoms with E-state index >= 15 is 0 Å². The van der Waals surface area contributed by atoms with Crippen molar-refractivity contribution in [2.75, 3.05) is 0 Å². The van der Waals surface area contributed by atoms with Crippen LogP contribution >= 0.6 is 12.2 Å². The maximum atomic E-state index is 12.4. The van der Waals surface area contributed by atoms with Gasteiger partial charge in [-0.3, -0.25) is 14.5 Å². The molecule has 0 aromatic carbocycles. The highest BCUT2D eigenvalue weighted by Crippen LogP contribution is 2.36. The summed E-state index contributed by atoms with van der Waals surface area (Å²) in [5.41, 5.74) is 5.62. The van der Waals surface area contributed by atoms with Gasteiger partial charge in [-0.1, -0.05) is 45.3 Å². The number of carbonyl (C=O) groups is 2. The first-order valence-corrected chi connectivity index (χ1v) is 7.87. The smallest absolute Gasteiger partial charge is 0.230 e. The Hall–Kier alpha value is -0.970. The molecule has 1 aliphatic heterocycles. The van der Waals surface area contributed by atoms with Crippen LogP contribution in [0.25, 0.3) is 0 Å². The summed E-state index contributed by atoms with van der Waals surface area (Å²) in [6.45, 7) is 3.91. The van der Waals surface area contributed by atoms with Gasteiger partial charge in [0.05, 0.1) is 11.0 Å². The number of amides is 2. The first-order chi connectivity index (χ1) is 9.32. The Morgan fingerprint density at radius 3 is 2.15 bits per heavy atom. The molecule has 0 bridgehead atoms. The Morgan fingerprint density at radius 2 is 1.70 bits per heavy atom. The van der Waals surface area contributed by atoms with Crippen molar-refractivity contribution in [1.29, 1.82) is 0 Å². The van der Waals surface area contributed by atoms with E-state index in [1.807, 2.05) is 13.8 Å². The predicted octanol–water partition coefficient (Wildman–Crippen LogP) is 2.40. The van der Waals surface area contributed by atoms with Gasteiger partial charge >= 0.3 is 0 Å². The van der Waals surface area contributed by atoms with Crippen LogP contribution in [0.4, 0.5) is 0 Å². The van der Waals surface area contributed by atoms with Crippen molar-refractivity contribution in [2.45, 2.75) is 64.8 Å². The van der Waals surface area contributed by atoms with Crippen LogP contribution in [0.3, 0.4) is 0 Å². The number of hydrogen-bond acceptors (Lipinski definition) is 3. The first-order valence-electron chi connectivity index (χ1n) is 7.46. The van der Waals surface area contributed by atoms with E-state index in [-0.39, 0.29) is 29.2 Å². The minimum absolute atomic E-state index is 0.116. The molecule has 112 valence electrons. The molecule has 20 heavy (non-hydrogen) atoms. The quantitative estimate of drug-likeness (QED) is 0.641. The summed E-state index contributed by atoms with van der Waals surface area (Å²) in [4.78, 5) is 26.5. The van der Waals surface area contributed by atoms with Crippen molar-refractivity contribution in [1.82, 2.24) is 4.90 Å². The van der Waals surface area contributed by atoms with Gasteiger partial charge in [0.1, 0.15) is 0 Å². The molecular weight excluding hydrogens is 272 g/mol. The molecule has 1 atom stereocenters. The molecule has 1 saturated carbocycles. The number of carbonyl (C=O) groups excluding carboxylic acids is 2. The Bertz CT molecular complexity index is 408. The SMILES string of the molecule is CC1(C)CC(=O)N(C(C(N)=S)C2CCCCC2)C(=O)C1. The largest absolute Gasteiger partial charge is 0.392 e. The average molecular weight is 296 g/mol. The van der Waals surface area contributed by atoms with Gasteiger partial charge in [-0.25, -0.2) is 0 Å². The fourth-order valence-electron chi connectivity index (χ4n) is 3.52. The van der Waals surface area contributed by atoms with Crippen LogP contribution in [0, 0.1) is 11.3 Å². The highest BCUT2D eigenvalue weighted by atomic mass is 32.1. The molecule has 2 fully saturated rings. The third-order valence-corrected chi connectivity index (χ3v) is 4.70. The molecule has 0 aromatic heterocycles. The fraction of sp³-hybridized carbons (Fsp3) is 0.800. The van der Waals surface area contributed by atoms with Crippen LogP contribution < -0.4 is 5.73 Å². The van der Waals surface area contributed by atoms with Crippen molar-refractivity contribution in [3.63, 3.8) is 0 Å². The molecule has 1 aliphatic carbocycles. The maximum absolute atomic E-state index is 12.4. The van der Waals surface area contributed by atoms with Gasteiger partial charge in [-0.15, -0.1) is 0 Å². The maximum Gasteiger partial charge on any atom is 0.230 e. The summed E-state index contributed by atoms with van der Waals surface area (Å²) in [5, 5.41) is 0. The highest BCUT2D eigenvalue weighted by molar-refractivity contribution is 7.80. The van der Waals surface area contributed by atoms with Crippen molar-refractivity contribution < 1.29 is 9.59 Å². The second-order valence-electron chi connectivity index (χ2n) is 6.92. The van der Waals surface area contributed by atoms with Gasteiger partial charge < -0.3 is 5.73 Å². The number of hydrogen-bond donors (Lipinski definition) is 1. The van der Waals surface area contributed by atoms with Crippen molar-refractivity contribution in [2.24, 2.45) is 17.1 Å². The number of nitrogens with zero attached hydrogens (tertiary/aromatic N) is 1. The number of piperidine rings is 1. The van der Waals surface area contributed by atoms with Crippen molar-refractivity contribution >= 4 is 29.0 Å². The van der Waals surface area contributed by atoms with E-state index in [9.17, 15) is 9.59 Å². The number of likely N-dealkylation sites (tertiary alicyclic amines) is 1. The molecule has 5 heteroatoms. The lowest BCUT2D eigenvalue weighted by molar-refractivity contribution is -0.155. The van der Waals surface area contributed by atoms with Gasteiger partial charge in [0.15, 0.2) is 0 Å². The molecule has 0 aromatic rings. The zero-order valence-electron chi connectivity index (χ0n) is 12.4. The van der Waals surface area contributed by atoms with E-state index in [0.717, 1.165) is 25.7 Å². The van der Waals surface area contributed by atoms with Crippen LogP contribution in [0.1, 0.15) is 58.8 Å². The number of nitrogens with two attached hydrogens (primary N) is 1. The van der Waals surface area contributed by atoms with Crippen molar-refractivity contribution in [3.05, 3.63) is 0 Å². The van der Waals surface area contributed by atoms with Crippen LogP contribution in [0.2, 0.25) is 0 Å². The van der Waals surface area contributed by atoms with E-state index in [1.54, 1.807) is 0 Å². The zero-order chi connectivity index (χ0) is 14.9. The molecule has 0 spiro atoms. The van der Waals surface area contributed by atoms with E-state index in [4.69, 9.17) is 18.0 Å². The molecule has 4 nitrogen and oxygen atoms in total. The van der Waals surface area contributed by atoms with Gasteiger partial charge in [-0.2, -0.15) is 0 Å². The Morgan fingerprint density at radius 1 is 1.20 bits per heavy atom. The molecule has 1 saturated heterocycles. The Kier molecular flexibility index (Phi) is 4.47. The lowest BCUT2D eigenvalue weighted by atomic mass is 9.78.